The summed E-state index contributed by atoms with van der Waals surface area (Å²) in [5, 5.41) is 2.97. The molecule has 17 heavy (non-hydrogen) atoms. The van der Waals surface area contributed by atoms with E-state index in [1.54, 1.807) is 0 Å². The van der Waals surface area contributed by atoms with Crippen molar-refractivity contribution < 1.29 is 4.79 Å². The van der Waals surface area contributed by atoms with Crippen LogP contribution in [0.4, 0.5) is 0 Å². The van der Waals surface area contributed by atoms with Gasteiger partial charge in [-0.25, -0.2) is 0 Å². The Morgan fingerprint density at radius 2 is 1.88 bits per heavy atom. The molecule has 0 saturated carbocycles. The van der Waals surface area contributed by atoms with E-state index >= 15 is 0 Å². The van der Waals surface area contributed by atoms with Crippen molar-refractivity contribution in [1.82, 2.24) is 9.88 Å². The zero-order valence-electron chi connectivity index (χ0n) is 11.7. The maximum Gasteiger partial charge on any atom is 0.268 e. The van der Waals surface area contributed by atoms with Crippen molar-refractivity contribution in [1.29, 1.82) is 0 Å². The van der Waals surface area contributed by atoms with E-state index in [-0.39, 0.29) is 5.91 Å². The number of rotatable bonds is 5. The second-order valence-corrected chi connectivity index (χ2v) is 4.39. The number of aromatic nitrogens is 1. The van der Waals surface area contributed by atoms with Gasteiger partial charge < -0.3 is 9.88 Å². The van der Waals surface area contributed by atoms with Gasteiger partial charge in [0.1, 0.15) is 5.69 Å². The number of hydrogen-bond acceptors (Lipinski definition) is 1. The van der Waals surface area contributed by atoms with Gasteiger partial charge in [0.25, 0.3) is 5.91 Å². The van der Waals surface area contributed by atoms with Crippen LogP contribution in [0.3, 0.4) is 0 Å². The summed E-state index contributed by atoms with van der Waals surface area (Å²) in [5.74, 6) is 0.0639. The van der Waals surface area contributed by atoms with E-state index < -0.39 is 0 Å². The molecule has 1 amide bonds. The van der Waals surface area contributed by atoms with Gasteiger partial charge in [0, 0.05) is 18.8 Å². The number of nitrogens with one attached hydrogen (secondary N) is 1. The molecule has 0 aliphatic heterocycles. The molecule has 0 spiro atoms. The molecule has 1 aromatic rings. The van der Waals surface area contributed by atoms with E-state index in [0.29, 0.717) is 0 Å². The molecule has 0 aliphatic rings. The number of carbonyl (C=O) groups is 1. The summed E-state index contributed by atoms with van der Waals surface area (Å²) in [4.78, 5) is 12.2. The molecule has 1 N–H and O–H groups in total. The molecule has 0 fully saturated rings. The number of nitrogens with zero attached hydrogens (tertiary/aromatic N) is 1. The Labute approximate surface area is 104 Å². The summed E-state index contributed by atoms with van der Waals surface area (Å²) in [5.41, 5.74) is 4.53. The number of hydrogen-bond donors (Lipinski definition) is 1. The lowest BCUT2D eigenvalue weighted by molar-refractivity contribution is 0.0943. The molecular formula is C14H24N2O. The lowest BCUT2D eigenvalue weighted by atomic mass is 10.1. The normalized spacial score (nSPS) is 10.6. The maximum atomic E-state index is 12.2. The average molecular weight is 236 g/mol. The van der Waals surface area contributed by atoms with Crippen LogP contribution in [0, 0.1) is 13.8 Å². The second kappa shape index (κ2) is 5.89. The van der Waals surface area contributed by atoms with Gasteiger partial charge in [0.05, 0.1) is 0 Å². The summed E-state index contributed by atoms with van der Waals surface area (Å²) >= 11 is 0. The summed E-state index contributed by atoms with van der Waals surface area (Å²) in [6.07, 6.45) is 1.95. The minimum atomic E-state index is 0.0639. The van der Waals surface area contributed by atoms with Gasteiger partial charge in [-0.05, 0) is 44.7 Å². The minimum Gasteiger partial charge on any atom is -0.351 e. The maximum absolute atomic E-state index is 12.2. The van der Waals surface area contributed by atoms with Crippen molar-refractivity contribution in [2.24, 2.45) is 0 Å². The van der Waals surface area contributed by atoms with Crippen LogP contribution in [0.1, 0.15) is 54.5 Å². The van der Waals surface area contributed by atoms with E-state index in [0.717, 1.165) is 37.2 Å². The Bertz CT molecular complexity index is 405. The molecule has 0 unspecified atom stereocenters. The van der Waals surface area contributed by atoms with Gasteiger partial charge in [-0.3, -0.25) is 4.79 Å². The van der Waals surface area contributed by atoms with E-state index in [1.807, 2.05) is 0 Å². The fourth-order valence-corrected chi connectivity index (χ4v) is 2.48. The molecule has 0 atom stereocenters. The van der Waals surface area contributed by atoms with E-state index in [2.05, 4.69) is 44.5 Å². The highest BCUT2D eigenvalue weighted by atomic mass is 16.1. The molecule has 1 aromatic heterocycles. The van der Waals surface area contributed by atoms with Crippen molar-refractivity contribution in [3.8, 4) is 0 Å². The molecule has 0 saturated heterocycles. The highest BCUT2D eigenvalue weighted by molar-refractivity contribution is 5.94. The Hall–Kier alpha value is -1.25. The zero-order valence-corrected chi connectivity index (χ0v) is 11.7. The molecule has 3 heteroatoms. The fraction of sp³-hybridized carbons (Fsp3) is 0.643. The summed E-state index contributed by atoms with van der Waals surface area (Å²) < 4.78 is 2.12. The van der Waals surface area contributed by atoms with Gasteiger partial charge in [-0.2, -0.15) is 0 Å². The molecule has 0 radical (unpaired) electrons. The molecule has 0 aromatic carbocycles. The predicted molar refractivity (Wildman–Crippen MR) is 71.6 cm³/mol. The first-order valence-corrected chi connectivity index (χ1v) is 6.55. The monoisotopic (exact) mass is 236 g/mol. The van der Waals surface area contributed by atoms with Crippen LogP contribution < -0.4 is 5.32 Å². The Morgan fingerprint density at radius 3 is 2.35 bits per heavy atom. The molecule has 3 nitrogen and oxygen atoms in total. The van der Waals surface area contributed by atoms with Crippen molar-refractivity contribution in [2.75, 3.05) is 6.54 Å². The third-order valence-corrected chi connectivity index (χ3v) is 3.34. The smallest absolute Gasteiger partial charge is 0.268 e. The number of carbonyl (C=O) groups excluding carboxylic acids is 1. The van der Waals surface area contributed by atoms with Crippen molar-refractivity contribution in [3.63, 3.8) is 0 Å². The van der Waals surface area contributed by atoms with Crippen molar-refractivity contribution in [3.05, 3.63) is 22.5 Å². The lowest BCUT2D eigenvalue weighted by Crippen LogP contribution is -2.27. The van der Waals surface area contributed by atoms with Gasteiger partial charge >= 0.3 is 0 Å². The van der Waals surface area contributed by atoms with Crippen LogP contribution in [0.2, 0.25) is 0 Å². The molecule has 0 bridgehead atoms. The molecule has 0 aliphatic carbocycles. The van der Waals surface area contributed by atoms with E-state index in [1.165, 1.54) is 11.3 Å². The van der Waals surface area contributed by atoms with Crippen LogP contribution in [0.15, 0.2) is 0 Å². The van der Waals surface area contributed by atoms with Gasteiger partial charge in [0.2, 0.25) is 0 Å². The van der Waals surface area contributed by atoms with E-state index in [4.69, 9.17) is 0 Å². The van der Waals surface area contributed by atoms with E-state index in [9.17, 15) is 4.79 Å². The van der Waals surface area contributed by atoms with Crippen LogP contribution in [0.5, 0.6) is 0 Å². The highest BCUT2D eigenvalue weighted by Gasteiger charge is 2.20. The zero-order chi connectivity index (χ0) is 13.0. The summed E-state index contributed by atoms with van der Waals surface area (Å²) in [7, 11) is 0. The SMILES string of the molecule is CCCNC(=O)c1c(C)c(CC)c(C)n1CC. The Kier molecular flexibility index (Phi) is 4.79. The van der Waals surface area contributed by atoms with Crippen LogP contribution in [-0.4, -0.2) is 17.0 Å². The van der Waals surface area contributed by atoms with Crippen LogP contribution in [0.25, 0.3) is 0 Å². The first kappa shape index (κ1) is 13.8. The quantitative estimate of drug-likeness (QED) is 0.838. The standard InChI is InChI=1S/C14H24N2O/c1-6-9-15-14(17)13-10(4)12(7-2)11(5)16(13)8-3/h6-9H2,1-5H3,(H,15,17). The van der Waals surface area contributed by atoms with Crippen LogP contribution >= 0.6 is 0 Å². The second-order valence-electron chi connectivity index (χ2n) is 4.39. The van der Waals surface area contributed by atoms with Gasteiger partial charge in [-0.15, -0.1) is 0 Å². The first-order chi connectivity index (χ1) is 8.08. The van der Waals surface area contributed by atoms with Crippen LogP contribution in [-0.2, 0) is 13.0 Å². The third-order valence-electron chi connectivity index (χ3n) is 3.34. The van der Waals surface area contributed by atoms with Crippen molar-refractivity contribution >= 4 is 5.91 Å². The fourth-order valence-electron chi connectivity index (χ4n) is 2.48. The molecular weight excluding hydrogens is 212 g/mol. The van der Waals surface area contributed by atoms with Gasteiger partial charge in [0.15, 0.2) is 0 Å². The molecule has 96 valence electrons. The Morgan fingerprint density at radius 1 is 1.24 bits per heavy atom. The largest absolute Gasteiger partial charge is 0.351 e. The summed E-state index contributed by atoms with van der Waals surface area (Å²) in [6, 6.07) is 0. The Balaban J connectivity index is 3.17. The summed E-state index contributed by atoms with van der Waals surface area (Å²) in [6.45, 7) is 12.0. The molecule has 1 rings (SSSR count). The third kappa shape index (κ3) is 2.54. The highest BCUT2D eigenvalue weighted by Crippen LogP contribution is 2.22. The van der Waals surface area contributed by atoms with Crippen molar-refractivity contribution in [2.45, 2.75) is 54.0 Å². The topological polar surface area (TPSA) is 34.0 Å². The van der Waals surface area contributed by atoms with Gasteiger partial charge in [-0.1, -0.05) is 13.8 Å². The minimum absolute atomic E-state index is 0.0639. The lowest BCUT2D eigenvalue weighted by Gasteiger charge is -2.09. The average Bonchev–Trinajstić information content (AvgIpc) is 2.56. The molecule has 1 heterocycles. The predicted octanol–water partition coefficient (Wildman–Crippen LogP) is 2.83. The number of amides is 1. The first-order valence-electron chi connectivity index (χ1n) is 6.55.